The van der Waals surface area contributed by atoms with Crippen molar-refractivity contribution in [1.82, 2.24) is 9.13 Å². The number of hydrogen-bond donors (Lipinski definition) is 1. The molecule has 1 heterocycles. The van der Waals surface area contributed by atoms with Crippen molar-refractivity contribution in [3.05, 3.63) is 43.5 Å². The third-order valence-electron chi connectivity index (χ3n) is 2.50. The molecule has 16 heavy (non-hydrogen) atoms. The molecule has 2 rings (SSSR count). The molecule has 5 nitrogen and oxygen atoms in total. The Morgan fingerprint density at radius 1 is 1.38 bits per heavy atom. The van der Waals surface area contributed by atoms with Gasteiger partial charge in [-0.15, -0.1) is 0 Å². The minimum absolute atomic E-state index is 0.117. The highest BCUT2D eigenvalue weighted by Gasteiger charge is 2.09. The van der Waals surface area contributed by atoms with Crippen LogP contribution in [0.3, 0.4) is 0 Å². The minimum Gasteiger partial charge on any atom is -0.313 e. The number of nitrogens with two attached hydrogens (primary N) is 1. The molecule has 1 aromatic carbocycles. The number of benzene rings is 1. The van der Waals surface area contributed by atoms with E-state index in [1.807, 2.05) is 0 Å². The predicted octanol–water partition coefficient (Wildman–Crippen LogP) is 0.379. The van der Waals surface area contributed by atoms with Crippen LogP contribution in [0.5, 0.6) is 0 Å². The third kappa shape index (κ3) is 1.50. The van der Waals surface area contributed by atoms with Crippen LogP contribution in [0.4, 0.5) is 0 Å². The Labute approximate surface area is 99.2 Å². The summed E-state index contributed by atoms with van der Waals surface area (Å²) in [6, 6.07) is 5.19. The molecule has 0 saturated carbocycles. The smallest absolute Gasteiger partial charge is 0.313 e. The molecule has 0 atom stereocenters. The van der Waals surface area contributed by atoms with Crippen LogP contribution >= 0.6 is 15.9 Å². The molecule has 1 aromatic heterocycles. The molecule has 0 saturated heterocycles. The monoisotopic (exact) mass is 283 g/mol. The van der Waals surface area contributed by atoms with Crippen LogP contribution in [-0.4, -0.2) is 9.13 Å². The number of nitrogens with zero attached hydrogens (tertiary/aromatic N) is 2. The van der Waals surface area contributed by atoms with Gasteiger partial charge in [-0.2, -0.15) is 0 Å². The van der Waals surface area contributed by atoms with Gasteiger partial charge in [-0.1, -0.05) is 15.9 Å². The van der Waals surface area contributed by atoms with E-state index in [1.165, 1.54) is 4.57 Å². The fraction of sp³-hybridized carbons (Fsp3) is 0.200. The van der Waals surface area contributed by atoms with E-state index in [9.17, 15) is 9.59 Å². The molecule has 0 unspecified atom stereocenters. The fourth-order valence-electron chi connectivity index (χ4n) is 1.65. The molecule has 0 aliphatic heterocycles. The summed E-state index contributed by atoms with van der Waals surface area (Å²) < 4.78 is 3.21. The van der Waals surface area contributed by atoms with E-state index < -0.39 is 5.69 Å². The Kier molecular flexibility index (Phi) is 2.69. The van der Waals surface area contributed by atoms with E-state index in [1.54, 1.807) is 25.2 Å². The van der Waals surface area contributed by atoms with Crippen molar-refractivity contribution in [3.8, 4) is 0 Å². The van der Waals surface area contributed by atoms with Crippen molar-refractivity contribution in [1.29, 1.82) is 0 Å². The summed E-state index contributed by atoms with van der Waals surface area (Å²) >= 11 is 3.29. The largest absolute Gasteiger partial charge is 0.332 e. The maximum absolute atomic E-state index is 11.9. The molecule has 2 N–H and O–H groups in total. The van der Waals surface area contributed by atoms with Gasteiger partial charge >= 0.3 is 5.69 Å². The van der Waals surface area contributed by atoms with Crippen LogP contribution < -0.4 is 17.0 Å². The molecule has 0 aliphatic rings. The lowest BCUT2D eigenvalue weighted by Crippen LogP contribution is -2.41. The second kappa shape index (κ2) is 3.88. The van der Waals surface area contributed by atoms with E-state index in [0.29, 0.717) is 10.9 Å². The Balaban J connectivity index is 3.09. The predicted molar refractivity (Wildman–Crippen MR) is 65.3 cm³/mol. The van der Waals surface area contributed by atoms with Crippen LogP contribution in [0, 0.1) is 0 Å². The SMILES string of the molecule is Cn1c(=O)n(CN)c(=O)c2cc(Br)ccc21. The number of halogens is 1. The lowest BCUT2D eigenvalue weighted by atomic mass is 10.2. The quantitative estimate of drug-likeness (QED) is 0.823. The van der Waals surface area contributed by atoms with Gasteiger partial charge in [0.1, 0.15) is 0 Å². The Bertz CT molecular complexity index is 672. The molecule has 0 radical (unpaired) electrons. The first kappa shape index (κ1) is 11.1. The van der Waals surface area contributed by atoms with Crippen LogP contribution in [0.1, 0.15) is 0 Å². The van der Waals surface area contributed by atoms with E-state index in [4.69, 9.17) is 5.73 Å². The summed E-state index contributed by atoms with van der Waals surface area (Å²) in [5.41, 5.74) is 5.23. The number of aryl methyl sites for hydroxylation is 1. The number of aromatic nitrogens is 2. The zero-order valence-electron chi connectivity index (χ0n) is 8.61. The maximum Gasteiger partial charge on any atom is 0.332 e. The second-order valence-electron chi connectivity index (χ2n) is 3.42. The molecule has 0 aliphatic carbocycles. The standard InChI is InChI=1S/C10H10BrN3O2/c1-13-8-3-2-6(11)4-7(8)9(15)14(5-12)10(13)16/h2-4H,5,12H2,1H3. The van der Waals surface area contributed by atoms with Crippen LogP contribution in [0.15, 0.2) is 32.3 Å². The van der Waals surface area contributed by atoms with E-state index in [0.717, 1.165) is 9.04 Å². The van der Waals surface area contributed by atoms with Gasteiger partial charge in [-0.05, 0) is 18.2 Å². The van der Waals surface area contributed by atoms with Gasteiger partial charge in [0.25, 0.3) is 5.56 Å². The van der Waals surface area contributed by atoms with Crippen LogP contribution in [0.25, 0.3) is 10.9 Å². The zero-order valence-corrected chi connectivity index (χ0v) is 10.2. The highest BCUT2D eigenvalue weighted by atomic mass is 79.9. The first-order chi connectivity index (χ1) is 7.56. The molecular formula is C10H10BrN3O2. The minimum atomic E-state index is -0.401. The molecule has 0 fully saturated rings. The average Bonchev–Trinajstić information content (AvgIpc) is 2.27. The van der Waals surface area contributed by atoms with Gasteiger partial charge in [-0.25, -0.2) is 9.36 Å². The van der Waals surface area contributed by atoms with Gasteiger partial charge in [-0.3, -0.25) is 9.36 Å². The zero-order chi connectivity index (χ0) is 11.9. The Morgan fingerprint density at radius 3 is 2.69 bits per heavy atom. The fourth-order valence-corrected chi connectivity index (χ4v) is 2.01. The van der Waals surface area contributed by atoms with Gasteiger partial charge in [0, 0.05) is 11.5 Å². The number of fused-ring (bicyclic) bond motifs is 1. The highest BCUT2D eigenvalue weighted by Crippen LogP contribution is 2.15. The summed E-state index contributed by atoms with van der Waals surface area (Å²) in [5.74, 6) is 0. The second-order valence-corrected chi connectivity index (χ2v) is 4.33. The van der Waals surface area contributed by atoms with Crippen LogP contribution in [-0.2, 0) is 13.7 Å². The summed E-state index contributed by atoms with van der Waals surface area (Å²) in [4.78, 5) is 23.7. The van der Waals surface area contributed by atoms with Crippen molar-refractivity contribution >= 4 is 26.8 Å². The molecular weight excluding hydrogens is 274 g/mol. The Morgan fingerprint density at radius 2 is 2.06 bits per heavy atom. The van der Waals surface area contributed by atoms with Gasteiger partial charge in [0.05, 0.1) is 17.6 Å². The summed E-state index contributed by atoms with van der Waals surface area (Å²) in [5, 5.41) is 0.474. The normalized spacial score (nSPS) is 10.9. The number of rotatable bonds is 1. The van der Waals surface area contributed by atoms with Crippen molar-refractivity contribution in [3.63, 3.8) is 0 Å². The molecule has 2 aromatic rings. The summed E-state index contributed by atoms with van der Waals surface area (Å²) in [7, 11) is 1.62. The van der Waals surface area contributed by atoms with Crippen molar-refractivity contribution < 1.29 is 0 Å². The number of hydrogen-bond acceptors (Lipinski definition) is 3. The first-order valence-corrected chi connectivity index (χ1v) is 5.44. The topological polar surface area (TPSA) is 70.0 Å². The van der Waals surface area contributed by atoms with E-state index in [2.05, 4.69) is 15.9 Å². The maximum atomic E-state index is 11.9. The first-order valence-electron chi connectivity index (χ1n) is 4.65. The lowest BCUT2D eigenvalue weighted by Gasteiger charge is -2.08. The van der Waals surface area contributed by atoms with E-state index in [-0.39, 0.29) is 12.2 Å². The van der Waals surface area contributed by atoms with Crippen molar-refractivity contribution in [2.45, 2.75) is 6.67 Å². The average molecular weight is 284 g/mol. The molecule has 84 valence electrons. The third-order valence-corrected chi connectivity index (χ3v) is 2.99. The summed E-state index contributed by atoms with van der Waals surface area (Å²) in [6.07, 6.45) is 0. The molecule has 0 bridgehead atoms. The molecule has 6 heteroatoms. The summed E-state index contributed by atoms with van der Waals surface area (Å²) in [6.45, 7) is -0.117. The highest BCUT2D eigenvalue weighted by molar-refractivity contribution is 9.10. The lowest BCUT2D eigenvalue weighted by molar-refractivity contribution is 0.623. The van der Waals surface area contributed by atoms with Crippen molar-refractivity contribution in [2.75, 3.05) is 0 Å². The Hall–Kier alpha value is -1.40. The van der Waals surface area contributed by atoms with Crippen molar-refractivity contribution in [2.24, 2.45) is 12.8 Å². The molecule has 0 spiro atoms. The van der Waals surface area contributed by atoms with Gasteiger partial charge in [0.15, 0.2) is 0 Å². The van der Waals surface area contributed by atoms with Gasteiger partial charge in [0.2, 0.25) is 0 Å². The van der Waals surface area contributed by atoms with E-state index >= 15 is 0 Å². The van der Waals surface area contributed by atoms with Crippen LogP contribution in [0.2, 0.25) is 0 Å². The van der Waals surface area contributed by atoms with Gasteiger partial charge < -0.3 is 5.73 Å². The molecule has 0 amide bonds.